The van der Waals surface area contributed by atoms with E-state index in [9.17, 15) is 9.59 Å². The van der Waals surface area contributed by atoms with E-state index < -0.39 is 5.97 Å². The van der Waals surface area contributed by atoms with Crippen molar-refractivity contribution in [1.29, 1.82) is 0 Å². The second-order valence-electron chi connectivity index (χ2n) is 5.26. The van der Waals surface area contributed by atoms with Crippen molar-refractivity contribution in [1.82, 2.24) is 0 Å². The number of thiophene rings is 1. The van der Waals surface area contributed by atoms with Crippen LogP contribution in [0.2, 0.25) is 0 Å². The Kier molecular flexibility index (Phi) is 6.32. The number of benzene rings is 1. The summed E-state index contributed by atoms with van der Waals surface area (Å²) >= 11 is 1.40. The SMILES string of the molecule is CCOC(=O)c1cc(CC)sc1NC(=O)/C=C/c1ccc(C)cc1. The molecule has 1 heterocycles. The molecule has 0 bridgehead atoms. The second kappa shape index (κ2) is 8.45. The highest BCUT2D eigenvalue weighted by molar-refractivity contribution is 7.16. The molecule has 0 aliphatic carbocycles. The number of hydrogen-bond donors (Lipinski definition) is 1. The predicted molar refractivity (Wildman–Crippen MR) is 98.5 cm³/mol. The van der Waals surface area contributed by atoms with Crippen LogP contribution in [-0.2, 0) is 16.0 Å². The van der Waals surface area contributed by atoms with Gasteiger partial charge in [-0.05, 0) is 38.0 Å². The van der Waals surface area contributed by atoms with E-state index in [4.69, 9.17) is 4.74 Å². The summed E-state index contributed by atoms with van der Waals surface area (Å²) in [6.07, 6.45) is 4.00. The summed E-state index contributed by atoms with van der Waals surface area (Å²) in [5, 5.41) is 3.31. The fourth-order valence-electron chi connectivity index (χ4n) is 2.07. The fraction of sp³-hybridized carbons (Fsp3) is 0.263. The third kappa shape index (κ3) is 4.80. The maximum atomic E-state index is 12.1. The molecule has 0 fully saturated rings. The van der Waals surface area contributed by atoms with Gasteiger partial charge in [0.15, 0.2) is 0 Å². The molecule has 4 nitrogen and oxygen atoms in total. The van der Waals surface area contributed by atoms with Crippen LogP contribution >= 0.6 is 11.3 Å². The van der Waals surface area contributed by atoms with Gasteiger partial charge < -0.3 is 10.1 Å². The van der Waals surface area contributed by atoms with Crippen molar-refractivity contribution in [3.63, 3.8) is 0 Å². The van der Waals surface area contributed by atoms with Gasteiger partial charge in [0.2, 0.25) is 5.91 Å². The second-order valence-corrected chi connectivity index (χ2v) is 6.40. The molecule has 1 aromatic carbocycles. The van der Waals surface area contributed by atoms with Crippen molar-refractivity contribution in [2.45, 2.75) is 27.2 Å². The number of carbonyl (C=O) groups excluding carboxylic acids is 2. The quantitative estimate of drug-likeness (QED) is 0.623. The highest BCUT2D eigenvalue weighted by Crippen LogP contribution is 2.29. The molecular formula is C19H21NO3S. The van der Waals surface area contributed by atoms with Gasteiger partial charge in [-0.25, -0.2) is 4.79 Å². The molecule has 1 aromatic heterocycles. The number of aryl methyl sites for hydroxylation is 2. The lowest BCUT2D eigenvalue weighted by Crippen LogP contribution is -2.11. The van der Waals surface area contributed by atoms with Crippen LogP contribution in [0.15, 0.2) is 36.4 Å². The number of anilines is 1. The summed E-state index contributed by atoms with van der Waals surface area (Å²) in [6.45, 7) is 6.08. The summed E-state index contributed by atoms with van der Waals surface area (Å²) < 4.78 is 5.05. The molecule has 0 aliphatic heterocycles. The van der Waals surface area contributed by atoms with Crippen molar-refractivity contribution >= 4 is 34.3 Å². The standard InChI is InChI=1S/C19H21NO3S/c1-4-15-12-16(19(22)23-5-2)18(24-15)20-17(21)11-10-14-8-6-13(3)7-9-14/h6-12H,4-5H2,1-3H3,(H,20,21)/b11-10+. The first-order valence-corrected chi connectivity index (χ1v) is 8.70. The molecule has 0 atom stereocenters. The van der Waals surface area contributed by atoms with Gasteiger partial charge in [0.05, 0.1) is 12.2 Å². The average Bonchev–Trinajstić information content (AvgIpc) is 2.97. The van der Waals surface area contributed by atoms with E-state index in [1.807, 2.05) is 38.1 Å². The molecule has 0 saturated carbocycles. The Labute approximate surface area is 146 Å². The topological polar surface area (TPSA) is 55.4 Å². The lowest BCUT2D eigenvalue weighted by atomic mass is 10.1. The van der Waals surface area contributed by atoms with Gasteiger partial charge in [-0.1, -0.05) is 36.8 Å². The first kappa shape index (κ1) is 17.9. The molecule has 24 heavy (non-hydrogen) atoms. The van der Waals surface area contributed by atoms with E-state index in [-0.39, 0.29) is 5.91 Å². The van der Waals surface area contributed by atoms with Crippen molar-refractivity contribution in [3.05, 3.63) is 58.0 Å². The fourth-order valence-corrected chi connectivity index (χ4v) is 3.06. The molecule has 0 aliphatic rings. The summed E-state index contributed by atoms with van der Waals surface area (Å²) in [4.78, 5) is 25.2. The number of nitrogens with one attached hydrogen (secondary N) is 1. The normalized spacial score (nSPS) is 10.8. The maximum absolute atomic E-state index is 12.1. The van der Waals surface area contributed by atoms with Crippen molar-refractivity contribution < 1.29 is 14.3 Å². The van der Waals surface area contributed by atoms with Crippen molar-refractivity contribution in [3.8, 4) is 0 Å². The number of amides is 1. The van der Waals surface area contributed by atoms with Crippen LogP contribution in [0.5, 0.6) is 0 Å². The predicted octanol–water partition coefficient (Wildman–Crippen LogP) is 4.45. The molecule has 0 saturated heterocycles. The van der Waals surface area contributed by atoms with Gasteiger partial charge in [0, 0.05) is 11.0 Å². The number of carbonyl (C=O) groups is 2. The highest BCUT2D eigenvalue weighted by Gasteiger charge is 2.17. The highest BCUT2D eigenvalue weighted by atomic mass is 32.1. The van der Waals surface area contributed by atoms with E-state index in [2.05, 4.69) is 5.32 Å². The molecule has 0 spiro atoms. The van der Waals surface area contributed by atoms with Crippen LogP contribution in [0.4, 0.5) is 5.00 Å². The zero-order chi connectivity index (χ0) is 17.5. The molecular weight excluding hydrogens is 322 g/mol. The zero-order valence-electron chi connectivity index (χ0n) is 14.1. The summed E-state index contributed by atoms with van der Waals surface area (Å²) in [6, 6.07) is 9.65. The Morgan fingerprint density at radius 3 is 2.54 bits per heavy atom. The number of esters is 1. The number of rotatable bonds is 6. The van der Waals surface area contributed by atoms with E-state index in [1.54, 1.807) is 19.1 Å². The van der Waals surface area contributed by atoms with Gasteiger partial charge in [0.25, 0.3) is 0 Å². The van der Waals surface area contributed by atoms with Crippen LogP contribution in [0.25, 0.3) is 6.08 Å². The molecule has 1 N–H and O–H groups in total. The summed E-state index contributed by atoms with van der Waals surface area (Å²) in [5.74, 6) is -0.683. The van der Waals surface area contributed by atoms with E-state index in [0.717, 1.165) is 16.9 Å². The molecule has 1 amide bonds. The van der Waals surface area contributed by atoms with Crippen LogP contribution in [0.1, 0.15) is 40.2 Å². The molecule has 2 aromatic rings. The minimum absolute atomic E-state index is 0.273. The Bertz CT molecular complexity index is 744. The van der Waals surface area contributed by atoms with Crippen molar-refractivity contribution in [2.24, 2.45) is 0 Å². The lowest BCUT2D eigenvalue weighted by molar-refractivity contribution is -0.111. The first-order valence-electron chi connectivity index (χ1n) is 7.89. The van der Waals surface area contributed by atoms with Crippen LogP contribution < -0.4 is 5.32 Å². The largest absolute Gasteiger partial charge is 0.462 e. The molecule has 126 valence electrons. The average molecular weight is 343 g/mol. The Hall–Kier alpha value is -2.40. The smallest absolute Gasteiger partial charge is 0.341 e. The Balaban J connectivity index is 2.11. The number of ether oxygens (including phenoxy) is 1. The Morgan fingerprint density at radius 1 is 1.21 bits per heavy atom. The van der Waals surface area contributed by atoms with Crippen molar-refractivity contribution in [2.75, 3.05) is 11.9 Å². The lowest BCUT2D eigenvalue weighted by Gasteiger charge is -2.04. The minimum atomic E-state index is -0.411. The van der Waals surface area contributed by atoms with Gasteiger partial charge in [-0.2, -0.15) is 0 Å². The third-order valence-electron chi connectivity index (χ3n) is 3.37. The maximum Gasteiger partial charge on any atom is 0.341 e. The first-order chi connectivity index (χ1) is 11.5. The monoisotopic (exact) mass is 343 g/mol. The van der Waals surface area contributed by atoms with Gasteiger partial charge >= 0.3 is 5.97 Å². The molecule has 2 rings (SSSR count). The molecule has 5 heteroatoms. The number of hydrogen-bond acceptors (Lipinski definition) is 4. The zero-order valence-corrected chi connectivity index (χ0v) is 14.9. The molecule has 0 radical (unpaired) electrons. The van der Waals surface area contributed by atoms with Gasteiger partial charge in [-0.3, -0.25) is 4.79 Å². The van der Waals surface area contributed by atoms with E-state index in [0.29, 0.717) is 17.2 Å². The van der Waals surface area contributed by atoms with Crippen LogP contribution in [0, 0.1) is 6.92 Å². The van der Waals surface area contributed by atoms with E-state index in [1.165, 1.54) is 23.0 Å². The Morgan fingerprint density at radius 2 is 1.92 bits per heavy atom. The molecule has 0 unspecified atom stereocenters. The van der Waals surface area contributed by atoms with Gasteiger partial charge in [0.1, 0.15) is 5.00 Å². The van der Waals surface area contributed by atoms with Crippen LogP contribution in [0.3, 0.4) is 0 Å². The van der Waals surface area contributed by atoms with E-state index >= 15 is 0 Å². The van der Waals surface area contributed by atoms with Crippen LogP contribution in [-0.4, -0.2) is 18.5 Å². The summed E-state index contributed by atoms with van der Waals surface area (Å²) in [7, 11) is 0. The van der Waals surface area contributed by atoms with Gasteiger partial charge in [-0.15, -0.1) is 11.3 Å². The third-order valence-corrected chi connectivity index (χ3v) is 4.56. The summed E-state index contributed by atoms with van der Waals surface area (Å²) in [5.41, 5.74) is 2.53. The minimum Gasteiger partial charge on any atom is -0.462 e.